The van der Waals surface area contributed by atoms with Crippen LogP contribution in [0.4, 0.5) is 4.79 Å². The van der Waals surface area contributed by atoms with Crippen LogP contribution in [0.5, 0.6) is 0 Å². The number of carbonyl (C=O) groups is 2. The number of benzene rings is 2. The van der Waals surface area contributed by atoms with E-state index in [0.717, 1.165) is 0 Å². The first-order valence-corrected chi connectivity index (χ1v) is 8.40. The van der Waals surface area contributed by atoms with E-state index < -0.39 is 18.0 Å². The van der Waals surface area contributed by atoms with Crippen molar-refractivity contribution in [3.8, 4) is 0 Å². The predicted octanol–water partition coefficient (Wildman–Crippen LogP) is 4.49. The van der Waals surface area contributed by atoms with Crippen molar-refractivity contribution in [1.82, 2.24) is 5.32 Å². The van der Waals surface area contributed by atoms with Crippen LogP contribution in [-0.2, 0) is 16.1 Å². The molecule has 0 fully saturated rings. The molecule has 0 bridgehead atoms. The van der Waals surface area contributed by atoms with E-state index in [-0.39, 0.29) is 13.0 Å². The van der Waals surface area contributed by atoms with Gasteiger partial charge in [-0.2, -0.15) is 0 Å². The van der Waals surface area contributed by atoms with Crippen LogP contribution < -0.4 is 11.1 Å². The van der Waals surface area contributed by atoms with Gasteiger partial charge in [0.2, 0.25) is 0 Å². The lowest BCUT2D eigenvalue weighted by Crippen LogP contribution is -2.34. The van der Waals surface area contributed by atoms with Crippen LogP contribution >= 0.6 is 34.8 Å². The molecule has 0 aliphatic carbocycles. The zero-order chi connectivity index (χ0) is 18.4. The van der Waals surface area contributed by atoms with E-state index in [9.17, 15) is 9.59 Å². The molecule has 0 heterocycles. The molecule has 0 aromatic heterocycles. The fourth-order valence-corrected chi connectivity index (χ4v) is 2.78. The first kappa shape index (κ1) is 19.4. The fourth-order valence-electron chi connectivity index (χ4n) is 2.19. The Hall–Kier alpha value is -1.95. The molecule has 2 amide bonds. The molecule has 2 aromatic carbocycles. The van der Waals surface area contributed by atoms with Crippen LogP contribution in [0.25, 0.3) is 0 Å². The molecular formula is C17H15Cl3N2O3. The standard InChI is InChI=1S/C17H15Cl3N2O3/c18-12-4-2-1-3-11(12)15(22-17(21)24)8-16(23)25-9-10-5-6-13(19)14(20)7-10/h1-7,15H,8-9H2,(H3,21,22,24)/t15-/m1/s1. The Morgan fingerprint density at radius 2 is 1.76 bits per heavy atom. The molecular weight excluding hydrogens is 387 g/mol. The van der Waals surface area contributed by atoms with Crippen molar-refractivity contribution in [3.05, 3.63) is 68.7 Å². The van der Waals surface area contributed by atoms with Gasteiger partial charge in [-0.25, -0.2) is 4.79 Å². The van der Waals surface area contributed by atoms with E-state index >= 15 is 0 Å². The highest BCUT2D eigenvalue weighted by atomic mass is 35.5. The third kappa shape index (κ3) is 5.81. The third-order valence-corrected chi connectivity index (χ3v) is 4.43. The number of urea groups is 1. The third-order valence-electron chi connectivity index (χ3n) is 3.35. The van der Waals surface area contributed by atoms with Gasteiger partial charge in [-0.15, -0.1) is 0 Å². The molecule has 132 valence electrons. The van der Waals surface area contributed by atoms with E-state index in [0.29, 0.717) is 26.2 Å². The number of carbonyl (C=O) groups excluding carboxylic acids is 2. The molecule has 5 nitrogen and oxygen atoms in total. The number of amides is 2. The van der Waals surface area contributed by atoms with Gasteiger partial charge < -0.3 is 15.8 Å². The van der Waals surface area contributed by atoms with Gasteiger partial charge in [0.1, 0.15) is 6.61 Å². The number of hydrogen-bond acceptors (Lipinski definition) is 3. The zero-order valence-corrected chi connectivity index (χ0v) is 15.2. The lowest BCUT2D eigenvalue weighted by atomic mass is 10.0. The van der Waals surface area contributed by atoms with Crippen LogP contribution in [0.15, 0.2) is 42.5 Å². The predicted molar refractivity (Wildman–Crippen MR) is 97.8 cm³/mol. The number of rotatable bonds is 6. The number of nitrogens with two attached hydrogens (primary N) is 1. The minimum atomic E-state index is -0.762. The van der Waals surface area contributed by atoms with Crippen LogP contribution in [0.3, 0.4) is 0 Å². The monoisotopic (exact) mass is 400 g/mol. The first-order valence-electron chi connectivity index (χ1n) is 7.26. The summed E-state index contributed by atoms with van der Waals surface area (Å²) in [4.78, 5) is 23.3. The van der Waals surface area contributed by atoms with Crippen molar-refractivity contribution in [1.29, 1.82) is 0 Å². The Kier molecular flexibility index (Phi) is 6.93. The average Bonchev–Trinajstić information content (AvgIpc) is 2.55. The first-order chi connectivity index (χ1) is 11.9. The van der Waals surface area contributed by atoms with Crippen LogP contribution in [0.2, 0.25) is 15.1 Å². The summed E-state index contributed by atoms with van der Waals surface area (Å²) < 4.78 is 5.22. The number of primary amides is 1. The largest absolute Gasteiger partial charge is 0.461 e. The SMILES string of the molecule is NC(=O)N[C@H](CC(=O)OCc1ccc(Cl)c(Cl)c1)c1ccccc1Cl. The molecule has 1 atom stereocenters. The summed E-state index contributed by atoms with van der Waals surface area (Å²) in [6, 6.07) is 10.3. The average molecular weight is 402 g/mol. The molecule has 2 rings (SSSR count). The summed E-state index contributed by atoms with van der Waals surface area (Å²) in [7, 11) is 0. The summed E-state index contributed by atoms with van der Waals surface area (Å²) >= 11 is 17.9. The Bertz CT molecular complexity index is 783. The van der Waals surface area contributed by atoms with Crippen LogP contribution in [-0.4, -0.2) is 12.0 Å². The molecule has 25 heavy (non-hydrogen) atoms. The maximum Gasteiger partial charge on any atom is 0.312 e. The molecule has 3 N–H and O–H groups in total. The van der Waals surface area contributed by atoms with Gasteiger partial charge >= 0.3 is 12.0 Å². The summed E-state index contributed by atoms with van der Waals surface area (Å²) in [5.41, 5.74) is 6.45. The number of esters is 1. The Labute approximate surface area is 160 Å². The van der Waals surface area contributed by atoms with Crippen molar-refractivity contribution in [3.63, 3.8) is 0 Å². The smallest absolute Gasteiger partial charge is 0.312 e. The van der Waals surface area contributed by atoms with Crippen molar-refractivity contribution in [2.24, 2.45) is 5.73 Å². The Balaban J connectivity index is 2.03. The minimum absolute atomic E-state index is 0.0293. The van der Waals surface area contributed by atoms with Gasteiger partial charge in [-0.05, 0) is 29.3 Å². The molecule has 0 radical (unpaired) electrons. The summed E-state index contributed by atoms with van der Waals surface area (Å²) in [5, 5.41) is 3.71. The highest BCUT2D eigenvalue weighted by Gasteiger charge is 2.20. The van der Waals surface area contributed by atoms with Crippen molar-refractivity contribution < 1.29 is 14.3 Å². The van der Waals surface area contributed by atoms with Crippen LogP contribution in [0.1, 0.15) is 23.6 Å². The molecule has 2 aromatic rings. The molecule has 0 saturated carbocycles. The van der Waals surface area contributed by atoms with Crippen molar-refractivity contribution in [2.45, 2.75) is 19.1 Å². The van der Waals surface area contributed by atoms with Gasteiger partial charge in [0.25, 0.3) is 0 Å². The van der Waals surface area contributed by atoms with Gasteiger partial charge in [0, 0.05) is 5.02 Å². The number of halogens is 3. The van der Waals surface area contributed by atoms with Gasteiger partial charge in [-0.1, -0.05) is 59.1 Å². The van der Waals surface area contributed by atoms with E-state index in [4.69, 9.17) is 45.3 Å². The lowest BCUT2D eigenvalue weighted by molar-refractivity contribution is -0.145. The fraction of sp³-hybridized carbons (Fsp3) is 0.176. The number of nitrogens with one attached hydrogen (secondary N) is 1. The summed E-state index contributed by atoms with van der Waals surface area (Å²) in [6.07, 6.45) is -0.117. The highest BCUT2D eigenvalue weighted by molar-refractivity contribution is 6.42. The second-order valence-electron chi connectivity index (χ2n) is 5.20. The van der Waals surface area contributed by atoms with Gasteiger partial charge in [0.05, 0.1) is 22.5 Å². The number of ether oxygens (including phenoxy) is 1. The summed E-state index contributed by atoms with van der Waals surface area (Å²) in [6.45, 7) is 0.0293. The van der Waals surface area contributed by atoms with Crippen molar-refractivity contribution in [2.75, 3.05) is 0 Å². The Morgan fingerprint density at radius 3 is 2.40 bits per heavy atom. The molecule has 0 spiro atoms. The quantitative estimate of drug-likeness (QED) is 0.700. The minimum Gasteiger partial charge on any atom is -0.461 e. The second kappa shape index (κ2) is 8.94. The topological polar surface area (TPSA) is 81.4 Å². The Morgan fingerprint density at radius 1 is 1.04 bits per heavy atom. The molecule has 8 heteroatoms. The molecule has 0 aliphatic rings. The van der Waals surface area contributed by atoms with Gasteiger partial charge in [-0.3, -0.25) is 4.79 Å². The number of hydrogen-bond donors (Lipinski definition) is 2. The zero-order valence-electron chi connectivity index (χ0n) is 13.0. The van der Waals surface area contributed by atoms with Gasteiger partial charge in [0.15, 0.2) is 0 Å². The van der Waals surface area contributed by atoms with E-state index in [2.05, 4.69) is 5.32 Å². The summed E-state index contributed by atoms with van der Waals surface area (Å²) in [5.74, 6) is -0.523. The maximum atomic E-state index is 12.1. The molecule has 0 saturated heterocycles. The molecule has 0 unspecified atom stereocenters. The van der Waals surface area contributed by atoms with E-state index in [1.807, 2.05) is 0 Å². The second-order valence-corrected chi connectivity index (χ2v) is 6.42. The van der Waals surface area contributed by atoms with E-state index in [1.165, 1.54) is 0 Å². The maximum absolute atomic E-state index is 12.1. The van der Waals surface area contributed by atoms with Crippen LogP contribution in [0, 0.1) is 0 Å². The highest BCUT2D eigenvalue weighted by Crippen LogP contribution is 2.26. The van der Waals surface area contributed by atoms with E-state index in [1.54, 1.807) is 42.5 Å². The molecule has 0 aliphatic heterocycles. The van der Waals surface area contributed by atoms with Crippen molar-refractivity contribution >= 4 is 46.8 Å². The normalized spacial score (nSPS) is 11.6. The lowest BCUT2D eigenvalue weighted by Gasteiger charge is -2.18.